The number of hydrogen-bond acceptors (Lipinski definition) is 8. The number of ether oxygens (including phenoxy) is 1. The molecule has 0 spiro atoms. The van der Waals surface area contributed by atoms with Crippen LogP contribution in [0, 0.1) is 11.6 Å². The molecule has 4 aliphatic heterocycles. The first kappa shape index (κ1) is 31.0. The zero-order valence-electron chi connectivity index (χ0n) is 23.7. The second-order valence-corrected chi connectivity index (χ2v) is 11.6. The van der Waals surface area contributed by atoms with Crippen molar-refractivity contribution in [3.63, 3.8) is 0 Å². The molecule has 3 atom stereocenters. The molecule has 1 amide bonds. The van der Waals surface area contributed by atoms with Gasteiger partial charge >= 0.3 is 12.1 Å². The summed E-state index contributed by atoms with van der Waals surface area (Å²) in [7, 11) is 2.04. The summed E-state index contributed by atoms with van der Waals surface area (Å²) in [5.41, 5.74) is 0.521. The quantitative estimate of drug-likeness (QED) is 0.350. The Hall–Kier alpha value is -3.95. The number of carbonyl (C=O) groups excluding carboxylic acids is 1. The highest BCUT2D eigenvalue weighted by Gasteiger charge is 2.48. The Labute approximate surface area is 257 Å². The number of aliphatic carboxylic acids is 1. The van der Waals surface area contributed by atoms with Crippen LogP contribution in [0.15, 0.2) is 24.3 Å². The number of carbonyl (C=O) groups is 2. The van der Waals surface area contributed by atoms with E-state index < -0.39 is 35.6 Å². The van der Waals surface area contributed by atoms with Crippen LogP contribution in [0.3, 0.4) is 0 Å². The van der Waals surface area contributed by atoms with Crippen molar-refractivity contribution < 1.29 is 46.5 Å². The van der Waals surface area contributed by atoms with Crippen molar-refractivity contribution in [3.05, 3.63) is 40.9 Å². The highest BCUT2D eigenvalue weighted by molar-refractivity contribution is 6.35. The number of aromatic hydroxyl groups is 1. The van der Waals surface area contributed by atoms with Gasteiger partial charge in [-0.05, 0) is 44.6 Å². The first-order valence-electron chi connectivity index (χ1n) is 14.1. The molecule has 3 N–H and O–H groups in total. The number of carboxylic acid groups (broad SMARTS) is 1. The molecule has 2 saturated heterocycles. The lowest BCUT2D eigenvalue weighted by molar-refractivity contribution is -0.192. The number of likely N-dealkylation sites (tertiary alicyclic amines) is 1. The smallest absolute Gasteiger partial charge is 0.490 e. The summed E-state index contributed by atoms with van der Waals surface area (Å²) in [5.74, 6) is -4.70. The molecule has 0 saturated carbocycles. The second kappa shape index (κ2) is 11.4. The van der Waals surface area contributed by atoms with Crippen molar-refractivity contribution >= 4 is 45.8 Å². The number of piperazine rings is 1. The van der Waals surface area contributed by atoms with Crippen LogP contribution in [-0.2, 0) is 9.59 Å². The third-order valence-electron chi connectivity index (χ3n) is 8.56. The molecule has 16 heteroatoms. The van der Waals surface area contributed by atoms with E-state index in [0.29, 0.717) is 42.9 Å². The molecule has 1 aromatic heterocycles. The number of anilines is 2. The molecule has 0 aliphatic carbocycles. The Bertz CT molecular complexity index is 1690. The van der Waals surface area contributed by atoms with Gasteiger partial charge in [0.2, 0.25) is 5.88 Å². The van der Waals surface area contributed by atoms with Crippen molar-refractivity contribution in [1.29, 1.82) is 0 Å². The van der Waals surface area contributed by atoms with Gasteiger partial charge in [-0.1, -0.05) is 17.7 Å². The Morgan fingerprint density at radius 3 is 2.56 bits per heavy atom. The van der Waals surface area contributed by atoms with E-state index in [1.807, 2.05) is 11.9 Å². The number of halogens is 6. The monoisotopic (exact) mass is 655 g/mol. The predicted octanol–water partition coefficient (Wildman–Crippen LogP) is 4.15. The molecule has 10 nitrogen and oxygen atoms in total. The van der Waals surface area contributed by atoms with Gasteiger partial charge in [-0.25, -0.2) is 18.6 Å². The summed E-state index contributed by atoms with van der Waals surface area (Å²) < 4.78 is 69.3. The van der Waals surface area contributed by atoms with Crippen LogP contribution in [0.2, 0.25) is 5.02 Å². The first-order chi connectivity index (χ1) is 21.3. The molecule has 240 valence electrons. The van der Waals surface area contributed by atoms with Crippen LogP contribution in [0.5, 0.6) is 11.6 Å². The maximum Gasteiger partial charge on any atom is 0.490 e. The molecule has 4 aliphatic rings. The first-order valence-corrected chi connectivity index (χ1v) is 14.5. The number of phenolic OH excluding ortho intramolecular Hbond substituents is 1. The largest absolute Gasteiger partial charge is 0.507 e. The SMILES string of the molecule is CN1CCC[C@H]1[C@H]1CN2C(=O)[C@H]3CNCCN3c3c2c(nc2c(F)c(-c4c(O)cccc4F)c(Cl)cc32)O1.O=C(O)C(F)(F)F. The number of alkyl halides is 3. The number of fused-ring (bicyclic) bond motifs is 4. The lowest BCUT2D eigenvalue weighted by Gasteiger charge is -2.49. The number of benzene rings is 2. The molecule has 2 fully saturated rings. The predicted molar refractivity (Wildman–Crippen MR) is 154 cm³/mol. The lowest BCUT2D eigenvalue weighted by atomic mass is 9.95. The molecule has 2 aromatic carbocycles. The Morgan fingerprint density at radius 1 is 1.18 bits per heavy atom. The Kier molecular flexibility index (Phi) is 7.90. The average Bonchev–Trinajstić information content (AvgIpc) is 3.42. The number of rotatable bonds is 2. The molecular formula is C29H27ClF5N5O5. The van der Waals surface area contributed by atoms with Gasteiger partial charge in [-0.3, -0.25) is 9.69 Å². The summed E-state index contributed by atoms with van der Waals surface area (Å²) in [5, 5.41) is 21.2. The van der Waals surface area contributed by atoms with E-state index in [1.54, 1.807) is 11.0 Å². The van der Waals surface area contributed by atoms with E-state index in [9.17, 15) is 27.5 Å². The van der Waals surface area contributed by atoms with E-state index in [2.05, 4.69) is 15.2 Å². The van der Waals surface area contributed by atoms with Crippen LogP contribution in [0.4, 0.5) is 33.3 Å². The summed E-state index contributed by atoms with van der Waals surface area (Å²) >= 11 is 6.59. The molecule has 0 radical (unpaired) electrons. The highest BCUT2D eigenvalue weighted by Crippen LogP contribution is 2.52. The van der Waals surface area contributed by atoms with Crippen LogP contribution in [0.25, 0.3) is 22.0 Å². The summed E-state index contributed by atoms with van der Waals surface area (Å²) in [6, 6.07) is 4.94. The lowest BCUT2D eigenvalue weighted by Crippen LogP contribution is -2.64. The van der Waals surface area contributed by atoms with Gasteiger partial charge in [0.15, 0.2) is 5.82 Å². The third kappa shape index (κ3) is 5.25. The second-order valence-electron chi connectivity index (χ2n) is 11.2. The number of nitrogens with one attached hydrogen (secondary N) is 1. The van der Waals surface area contributed by atoms with Gasteiger partial charge in [-0.15, -0.1) is 0 Å². The number of aromatic nitrogens is 1. The van der Waals surface area contributed by atoms with Crippen LogP contribution >= 0.6 is 11.6 Å². The molecule has 7 rings (SSSR count). The fourth-order valence-corrected chi connectivity index (χ4v) is 6.80. The van der Waals surface area contributed by atoms with Gasteiger partial charge in [-0.2, -0.15) is 13.2 Å². The van der Waals surface area contributed by atoms with Crippen molar-refractivity contribution in [1.82, 2.24) is 15.2 Å². The topological polar surface area (TPSA) is 118 Å². The summed E-state index contributed by atoms with van der Waals surface area (Å²) in [6.07, 6.45) is -3.46. The van der Waals surface area contributed by atoms with E-state index in [0.717, 1.165) is 25.5 Å². The van der Waals surface area contributed by atoms with Gasteiger partial charge in [0.25, 0.3) is 5.91 Å². The highest BCUT2D eigenvalue weighted by atomic mass is 35.5. The number of nitrogens with zero attached hydrogens (tertiary/aromatic N) is 4. The number of carboxylic acids is 1. The van der Waals surface area contributed by atoms with Crippen molar-refractivity contribution in [2.75, 3.05) is 49.6 Å². The number of likely N-dealkylation sites (N-methyl/N-ethyl adjacent to an activating group) is 1. The minimum absolute atomic E-state index is 0.0412. The minimum atomic E-state index is -5.08. The zero-order valence-corrected chi connectivity index (χ0v) is 24.4. The zero-order chi connectivity index (χ0) is 32.4. The molecular weight excluding hydrogens is 629 g/mol. The molecule has 0 bridgehead atoms. The van der Waals surface area contributed by atoms with Crippen molar-refractivity contribution in [2.24, 2.45) is 0 Å². The minimum Gasteiger partial charge on any atom is -0.507 e. The van der Waals surface area contributed by atoms with E-state index in [1.165, 1.54) is 12.1 Å². The van der Waals surface area contributed by atoms with Crippen LogP contribution in [0.1, 0.15) is 12.8 Å². The molecule has 45 heavy (non-hydrogen) atoms. The van der Waals surface area contributed by atoms with E-state index >= 15 is 4.39 Å². The van der Waals surface area contributed by atoms with Crippen molar-refractivity contribution in [3.8, 4) is 22.8 Å². The summed E-state index contributed by atoms with van der Waals surface area (Å²) in [4.78, 5) is 33.2. The Morgan fingerprint density at radius 2 is 1.91 bits per heavy atom. The van der Waals surface area contributed by atoms with Crippen molar-refractivity contribution in [2.45, 2.75) is 37.2 Å². The molecule has 0 unspecified atom stereocenters. The van der Waals surface area contributed by atoms with Crippen LogP contribution in [-0.4, -0.2) is 96.1 Å². The number of hydrogen-bond donors (Lipinski definition) is 3. The van der Waals surface area contributed by atoms with Gasteiger partial charge < -0.3 is 30.1 Å². The molecule has 3 aromatic rings. The number of pyridine rings is 1. The van der Waals surface area contributed by atoms with Gasteiger partial charge in [0.1, 0.15) is 34.9 Å². The van der Waals surface area contributed by atoms with E-state index in [4.69, 9.17) is 26.2 Å². The van der Waals surface area contributed by atoms with E-state index in [-0.39, 0.29) is 45.6 Å². The number of amides is 1. The van der Waals surface area contributed by atoms with Crippen LogP contribution < -0.4 is 19.9 Å². The average molecular weight is 656 g/mol. The van der Waals surface area contributed by atoms with Gasteiger partial charge in [0.05, 0.1) is 22.8 Å². The Balaban J connectivity index is 0.000000460. The summed E-state index contributed by atoms with van der Waals surface area (Å²) in [6.45, 7) is 2.95. The molecule has 5 heterocycles. The number of phenols is 1. The normalized spacial score (nSPS) is 22.8. The maximum absolute atomic E-state index is 16.3. The fraction of sp³-hybridized carbons (Fsp3) is 0.414. The van der Waals surface area contributed by atoms with Gasteiger partial charge in [0, 0.05) is 36.6 Å². The standard InChI is InChI=1S/C27H26ClF2N5O3.C2HF3O2/c1-33-8-3-5-16(33)19-12-35-25-24(34-9-7-31-11-17(34)27(35)37)13-10-14(28)20(21-15(29)4-2-6-18(21)36)22(30)23(13)32-26(25)38-19;3-2(4,5)1(6)7/h2,4,6,10,16-17,19,31,36H,3,5,7-9,11-12H2,1H3;(H,6,7)/t16-,17+,19+;/m0./s1. The third-order valence-corrected chi connectivity index (χ3v) is 8.85. The fourth-order valence-electron chi connectivity index (χ4n) is 6.52. The maximum atomic E-state index is 16.3.